The molecule has 0 radical (unpaired) electrons. The summed E-state index contributed by atoms with van der Waals surface area (Å²) >= 11 is 10.1. The Bertz CT molecular complexity index is 6660. The van der Waals surface area contributed by atoms with Gasteiger partial charge in [0.2, 0.25) is 5.28 Å². The molecule has 0 amide bonds. The Balaban J connectivity index is 0.000000115. The molecule has 2 aliphatic carbocycles. The van der Waals surface area contributed by atoms with E-state index in [-0.39, 0.29) is 34.4 Å². The summed E-state index contributed by atoms with van der Waals surface area (Å²) in [6.45, 7) is 17.5. The zero-order valence-electron chi connectivity index (χ0n) is 59.8. The zero-order chi connectivity index (χ0) is 72.0. The lowest BCUT2D eigenvalue weighted by Crippen LogP contribution is -2.41. The number of fused-ring (bicyclic) bond motifs is 18. The van der Waals surface area contributed by atoms with Gasteiger partial charge >= 0.3 is 7.12 Å². The number of thiophene rings is 2. The summed E-state index contributed by atoms with van der Waals surface area (Å²) in [7, 11) is -0.320. The lowest BCUT2D eigenvalue weighted by atomic mass is 9.78. The van der Waals surface area contributed by atoms with Crippen molar-refractivity contribution in [2.75, 3.05) is 0 Å². The van der Waals surface area contributed by atoms with Gasteiger partial charge in [0.25, 0.3) is 0 Å². The molecule has 5 heterocycles. The average molecular weight is 1430 g/mol. The van der Waals surface area contributed by atoms with E-state index in [1.165, 1.54) is 117 Å². The van der Waals surface area contributed by atoms with Gasteiger partial charge in [-0.15, -0.1) is 22.7 Å². The molecule has 3 aliphatic rings. The van der Waals surface area contributed by atoms with Crippen LogP contribution in [0.2, 0.25) is 5.28 Å². The van der Waals surface area contributed by atoms with E-state index in [1.807, 2.05) is 40.9 Å². The molecular formula is C94H70BClN6O2S2. The van der Waals surface area contributed by atoms with Crippen LogP contribution in [0.5, 0.6) is 0 Å². The highest BCUT2D eigenvalue weighted by Gasteiger charge is 2.52. The first kappa shape index (κ1) is 65.6. The average Bonchev–Trinajstić information content (AvgIpc) is 1.54. The van der Waals surface area contributed by atoms with E-state index in [1.54, 1.807) is 0 Å². The third-order valence-corrected chi connectivity index (χ3v) is 25.1. The first-order valence-corrected chi connectivity index (χ1v) is 38.1. The van der Waals surface area contributed by atoms with Crippen LogP contribution in [0.15, 0.2) is 279 Å². The molecule has 12 heteroatoms. The van der Waals surface area contributed by atoms with Crippen LogP contribution in [-0.2, 0) is 20.1 Å². The van der Waals surface area contributed by atoms with Crippen molar-refractivity contribution in [3.05, 3.63) is 307 Å². The number of hydrogen-bond donors (Lipinski definition) is 0. The van der Waals surface area contributed by atoms with Gasteiger partial charge in [-0.25, -0.2) is 19.9 Å². The molecule has 0 atom stereocenters. The van der Waals surface area contributed by atoms with E-state index in [4.69, 9.17) is 40.8 Å². The number of aromatic nitrogens is 6. The van der Waals surface area contributed by atoms with Crippen molar-refractivity contribution < 1.29 is 9.31 Å². The van der Waals surface area contributed by atoms with Crippen LogP contribution in [0.4, 0.5) is 0 Å². The maximum atomic E-state index is 6.35. The van der Waals surface area contributed by atoms with Gasteiger partial charge in [0.05, 0.1) is 11.2 Å². The fourth-order valence-electron chi connectivity index (χ4n) is 16.0. The van der Waals surface area contributed by atoms with Crippen LogP contribution in [0, 0.1) is 0 Å². The summed E-state index contributed by atoms with van der Waals surface area (Å²) in [5, 5.41) is 15.1. The Morgan fingerprint density at radius 2 is 0.632 bits per heavy atom. The largest absolute Gasteiger partial charge is 0.494 e. The second-order valence-corrected chi connectivity index (χ2v) is 32.6. The molecule has 8 nitrogen and oxygen atoms in total. The maximum absolute atomic E-state index is 6.35. The van der Waals surface area contributed by atoms with Crippen LogP contribution in [0.25, 0.3) is 163 Å². The second kappa shape index (κ2) is 25.0. The molecule has 1 fully saturated rings. The van der Waals surface area contributed by atoms with Crippen LogP contribution in [-0.4, -0.2) is 48.2 Å². The van der Waals surface area contributed by atoms with Gasteiger partial charge in [0.1, 0.15) is 0 Å². The molecule has 106 heavy (non-hydrogen) atoms. The number of nitrogens with zero attached hydrogens (tertiary/aromatic N) is 6. The highest BCUT2D eigenvalue weighted by atomic mass is 35.5. The molecule has 0 unspecified atom stereocenters. The van der Waals surface area contributed by atoms with E-state index < -0.39 is 0 Å². The lowest BCUT2D eigenvalue weighted by Gasteiger charge is -2.32. The van der Waals surface area contributed by atoms with Gasteiger partial charge < -0.3 is 9.31 Å². The van der Waals surface area contributed by atoms with Crippen molar-refractivity contribution in [3.8, 4) is 79.2 Å². The van der Waals surface area contributed by atoms with Gasteiger partial charge in [0.15, 0.2) is 29.1 Å². The molecule has 0 N–H and O–H groups in total. The van der Waals surface area contributed by atoms with Crippen LogP contribution < -0.4 is 5.46 Å². The minimum absolute atomic E-state index is 0.0834. The summed E-state index contributed by atoms with van der Waals surface area (Å²) in [6, 6.07) is 99.2. The van der Waals surface area contributed by atoms with E-state index in [0.717, 1.165) is 44.1 Å². The SMILES string of the molecule is CC1(C)OB(c2ccc3sc4c5ccccc5ccc4c3c2)OC1(C)C.CC1(C)c2ccccc2-c2ccc(-c3nc(-c4ccc5ccccc5c4)nc(-c4ccc5sc6c7ccccc7ccc6c5c4)n3)cc21.CC1(C)c2ccccc2-c2ccc(-c3nc(Cl)nc(-c4ccc5ccccc5c4)n3)cc21. The molecule has 0 bridgehead atoms. The monoisotopic (exact) mass is 1420 g/mol. The maximum Gasteiger partial charge on any atom is 0.494 e. The minimum atomic E-state index is -0.320. The second-order valence-electron chi connectivity index (χ2n) is 30.1. The van der Waals surface area contributed by atoms with Gasteiger partial charge in [0, 0.05) is 73.6 Å². The van der Waals surface area contributed by atoms with Crippen molar-refractivity contribution >= 4 is 130 Å². The Morgan fingerprint density at radius 3 is 1.11 bits per heavy atom. The Hall–Kier alpha value is -11.1. The smallest absolute Gasteiger partial charge is 0.399 e. The van der Waals surface area contributed by atoms with Crippen molar-refractivity contribution in [3.63, 3.8) is 0 Å². The fourth-order valence-corrected chi connectivity index (χ4v) is 18.6. The van der Waals surface area contributed by atoms with E-state index in [2.05, 4.69) is 326 Å². The summed E-state index contributed by atoms with van der Waals surface area (Å²) in [6.07, 6.45) is 0. The number of halogens is 1. The predicted molar refractivity (Wildman–Crippen MR) is 445 cm³/mol. The number of benzene rings is 14. The van der Waals surface area contributed by atoms with E-state index in [9.17, 15) is 0 Å². The van der Waals surface area contributed by atoms with Gasteiger partial charge in [-0.3, -0.25) is 0 Å². The van der Waals surface area contributed by atoms with Crippen molar-refractivity contribution in [1.29, 1.82) is 0 Å². The zero-order valence-corrected chi connectivity index (χ0v) is 62.2. The number of hydrogen-bond acceptors (Lipinski definition) is 10. The van der Waals surface area contributed by atoms with E-state index >= 15 is 0 Å². The lowest BCUT2D eigenvalue weighted by molar-refractivity contribution is 0.00578. The molecular weight excluding hydrogens is 1360 g/mol. The molecule has 4 aromatic heterocycles. The van der Waals surface area contributed by atoms with Crippen molar-refractivity contribution in [2.24, 2.45) is 0 Å². The first-order valence-electron chi connectivity index (χ1n) is 36.1. The molecule has 18 aromatic rings. The number of rotatable bonds is 6. The van der Waals surface area contributed by atoms with Gasteiger partial charge in [-0.1, -0.05) is 258 Å². The van der Waals surface area contributed by atoms with Crippen LogP contribution >= 0.6 is 34.3 Å². The summed E-state index contributed by atoms with van der Waals surface area (Å²) in [5.74, 6) is 3.19. The first-order chi connectivity index (χ1) is 51.4. The topological polar surface area (TPSA) is 95.8 Å². The third kappa shape index (κ3) is 11.1. The molecule has 1 aliphatic heterocycles. The third-order valence-electron chi connectivity index (χ3n) is 22.5. The fraction of sp³-hybridized carbons (Fsp3) is 0.128. The Morgan fingerprint density at radius 1 is 0.283 bits per heavy atom. The molecule has 0 saturated carbocycles. The standard InChI is InChI=1S/C44H29N3S.C28H20ClN3.C22H21BO2S/c1-44(2)37-14-8-7-13-33(37)34-20-18-31(25-38(34)44)43-46-41(29-16-15-26-9-3-4-11-28(26)23-29)45-42(47-43)30-19-22-39-36(24-30)35-21-17-27-10-5-6-12-32(27)40(35)48-39;1-28(2)23-10-6-5-9-21(23)22-14-13-20(16-24(22)28)26-30-25(31-27(29)32-26)19-12-11-17-7-3-4-8-18(17)15-19;1-21(2)22(3,4)25-23(24-21)15-10-12-19-18(13-15)17-11-9-14-7-5-6-8-16(14)20(17)26-19/h3-25H,1-2H3;3-16H,1-2H3;5-13H,1-4H3. The summed E-state index contributed by atoms with van der Waals surface area (Å²) in [4.78, 5) is 29.1. The van der Waals surface area contributed by atoms with Gasteiger partial charge in [-0.2, -0.15) is 9.97 Å². The predicted octanol–water partition coefficient (Wildman–Crippen LogP) is 24.7. The molecule has 21 rings (SSSR count). The molecule has 1 saturated heterocycles. The Labute approximate surface area is 628 Å². The van der Waals surface area contributed by atoms with Gasteiger partial charge in [-0.05, 0) is 186 Å². The van der Waals surface area contributed by atoms with Crippen LogP contribution in [0.1, 0.15) is 77.6 Å². The van der Waals surface area contributed by atoms with Crippen molar-refractivity contribution in [1.82, 2.24) is 29.9 Å². The summed E-state index contributed by atoms with van der Waals surface area (Å²) in [5.41, 5.74) is 15.5. The highest BCUT2D eigenvalue weighted by Crippen LogP contribution is 2.52. The quantitative estimate of drug-likeness (QED) is 0.152. The minimum Gasteiger partial charge on any atom is -0.399 e. The summed E-state index contributed by atoms with van der Waals surface area (Å²) < 4.78 is 17.7. The molecule has 510 valence electrons. The van der Waals surface area contributed by atoms with E-state index in [0.29, 0.717) is 29.1 Å². The normalized spacial score (nSPS) is 14.9. The molecule has 0 spiro atoms. The van der Waals surface area contributed by atoms with Crippen LogP contribution in [0.3, 0.4) is 0 Å². The highest BCUT2D eigenvalue weighted by molar-refractivity contribution is 7.27. The Kier molecular flexibility index (Phi) is 15.5. The molecule has 14 aromatic carbocycles. The van der Waals surface area contributed by atoms with Crippen molar-refractivity contribution in [2.45, 2.75) is 77.4 Å².